The van der Waals surface area contributed by atoms with Crippen molar-refractivity contribution in [2.45, 2.75) is 25.3 Å². The summed E-state index contributed by atoms with van der Waals surface area (Å²) in [6.07, 6.45) is 4.56. The molecule has 4 heteroatoms. The normalized spacial score (nSPS) is 21.6. The van der Waals surface area contributed by atoms with Crippen molar-refractivity contribution in [1.82, 2.24) is 14.7 Å². The Morgan fingerprint density at radius 3 is 2.62 bits per heavy atom. The van der Waals surface area contributed by atoms with Crippen LogP contribution in [0.3, 0.4) is 0 Å². The van der Waals surface area contributed by atoms with E-state index in [1.165, 1.54) is 19.4 Å². The van der Waals surface area contributed by atoms with Crippen LogP contribution in [-0.4, -0.2) is 74.5 Å². The molecule has 0 aromatic heterocycles. The van der Waals surface area contributed by atoms with E-state index in [1.54, 1.807) is 0 Å². The molecule has 1 aliphatic heterocycles. The Morgan fingerprint density at radius 2 is 2.12 bits per heavy atom. The molecule has 0 aromatic rings. The lowest BCUT2D eigenvalue weighted by molar-refractivity contribution is -0.118. The predicted molar refractivity (Wildman–Crippen MR) is 66.5 cm³/mol. The first-order valence-electron chi connectivity index (χ1n) is 6.18. The molecule has 1 atom stereocenters. The monoisotopic (exact) mass is 227 g/mol. The summed E-state index contributed by atoms with van der Waals surface area (Å²) < 4.78 is 0. The van der Waals surface area contributed by atoms with Gasteiger partial charge in [0.2, 0.25) is 6.41 Å². The van der Waals surface area contributed by atoms with Crippen molar-refractivity contribution in [1.29, 1.82) is 0 Å². The van der Waals surface area contributed by atoms with Gasteiger partial charge in [-0.1, -0.05) is 0 Å². The van der Waals surface area contributed by atoms with E-state index in [0.29, 0.717) is 6.04 Å². The molecule has 1 rings (SSSR count). The summed E-state index contributed by atoms with van der Waals surface area (Å²) in [7, 11) is 6.28. The highest BCUT2D eigenvalue weighted by atomic mass is 16.1. The van der Waals surface area contributed by atoms with Crippen molar-refractivity contribution in [2.75, 3.05) is 47.3 Å². The number of rotatable bonds is 7. The van der Waals surface area contributed by atoms with Crippen LogP contribution in [0.4, 0.5) is 0 Å². The molecule has 0 saturated carbocycles. The zero-order chi connectivity index (χ0) is 12.0. The second-order valence-corrected chi connectivity index (χ2v) is 5.03. The van der Waals surface area contributed by atoms with Crippen molar-refractivity contribution >= 4 is 6.41 Å². The van der Waals surface area contributed by atoms with E-state index < -0.39 is 0 Å². The first-order chi connectivity index (χ1) is 7.63. The van der Waals surface area contributed by atoms with Gasteiger partial charge in [0.25, 0.3) is 0 Å². The van der Waals surface area contributed by atoms with Crippen LogP contribution in [0.25, 0.3) is 0 Å². The fourth-order valence-electron chi connectivity index (χ4n) is 2.26. The van der Waals surface area contributed by atoms with Crippen LogP contribution in [0.1, 0.15) is 19.3 Å². The van der Waals surface area contributed by atoms with Crippen molar-refractivity contribution in [3.05, 3.63) is 0 Å². The van der Waals surface area contributed by atoms with E-state index in [-0.39, 0.29) is 0 Å². The topological polar surface area (TPSA) is 26.8 Å². The van der Waals surface area contributed by atoms with Crippen LogP contribution in [-0.2, 0) is 4.79 Å². The number of carbonyl (C=O) groups is 1. The van der Waals surface area contributed by atoms with E-state index in [9.17, 15) is 4.79 Å². The third-order valence-electron chi connectivity index (χ3n) is 3.32. The number of amides is 1. The van der Waals surface area contributed by atoms with Gasteiger partial charge in [0.05, 0.1) is 0 Å². The first-order valence-corrected chi connectivity index (χ1v) is 6.18. The first kappa shape index (κ1) is 13.5. The summed E-state index contributed by atoms with van der Waals surface area (Å²) in [6, 6.07) is 0.574. The minimum atomic E-state index is 0.574. The average Bonchev–Trinajstić information content (AvgIpc) is 2.62. The van der Waals surface area contributed by atoms with E-state index >= 15 is 0 Å². The van der Waals surface area contributed by atoms with Gasteiger partial charge in [0, 0.05) is 19.1 Å². The minimum Gasteiger partial charge on any atom is -0.344 e. The van der Waals surface area contributed by atoms with Crippen LogP contribution in [0.2, 0.25) is 0 Å². The van der Waals surface area contributed by atoms with Crippen LogP contribution in [0, 0.1) is 0 Å². The molecule has 1 fully saturated rings. The zero-order valence-corrected chi connectivity index (χ0v) is 10.9. The summed E-state index contributed by atoms with van der Waals surface area (Å²) >= 11 is 0. The lowest BCUT2D eigenvalue weighted by Gasteiger charge is -2.26. The highest BCUT2D eigenvalue weighted by molar-refractivity contribution is 5.47. The van der Waals surface area contributed by atoms with Gasteiger partial charge in [-0.2, -0.15) is 0 Å². The third-order valence-corrected chi connectivity index (χ3v) is 3.32. The van der Waals surface area contributed by atoms with Gasteiger partial charge in [-0.05, 0) is 53.5 Å². The maximum Gasteiger partial charge on any atom is 0.209 e. The van der Waals surface area contributed by atoms with E-state index in [1.807, 2.05) is 4.90 Å². The van der Waals surface area contributed by atoms with Crippen LogP contribution in [0.15, 0.2) is 0 Å². The molecule has 0 aliphatic carbocycles. The molecule has 16 heavy (non-hydrogen) atoms. The summed E-state index contributed by atoms with van der Waals surface area (Å²) in [5, 5.41) is 0. The Bertz CT molecular complexity index is 208. The Morgan fingerprint density at radius 1 is 1.38 bits per heavy atom. The quantitative estimate of drug-likeness (QED) is 0.592. The molecule has 0 bridgehead atoms. The molecule has 0 N–H and O–H groups in total. The van der Waals surface area contributed by atoms with Crippen LogP contribution >= 0.6 is 0 Å². The van der Waals surface area contributed by atoms with Gasteiger partial charge in [0.15, 0.2) is 0 Å². The Kier molecular flexibility index (Phi) is 5.77. The van der Waals surface area contributed by atoms with Crippen molar-refractivity contribution in [3.8, 4) is 0 Å². The van der Waals surface area contributed by atoms with Gasteiger partial charge in [-0.15, -0.1) is 0 Å². The van der Waals surface area contributed by atoms with Crippen LogP contribution < -0.4 is 0 Å². The molecule has 0 aromatic carbocycles. The Balaban J connectivity index is 2.23. The number of nitrogens with zero attached hydrogens (tertiary/aromatic N) is 3. The molecule has 1 saturated heterocycles. The number of hydrogen-bond acceptors (Lipinski definition) is 3. The van der Waals surface area contributed by atoms with Crippen LogP contribution in [0.5, 0.6) is 0 Å². The predicted octanol–water partition coefficient (Wildman–Crippen LogP) is 0.491. The summed E-state index contributed by atoms with van der Waals surface area (Å²) in [6.45, 7) is 4.00. The van der Waals surface area contributed by atoms with E-state index in [2.05, 4.69) is 30.9 Å². The maximum atomic E-state index is 11.0. The summed E-state index contributed by atoms with van der Waals surface area (Å²) in [5.41, 5.74) is 0. The standard InChI is InChI=1S/C12H25N3O/c1-13(2)7-5-9-15(11-16)10-12-6-4-8-14(12)3/h11-12H,4-10H2,1-3H3/t12-/m0/s1. The molecular weight excluding hydrogens is 202 g/mol. The Labute approximate surface area is 99.2 Å². The second kappa shape index (κ2) is 6.86. The molecule has 0 radical (unpaired) electrons. The molecule has 4 nitrogen and oxygen atoms in total. The third kappa shape index (κ3) is 4.49. The van der Waals surface area contributed by atoms with E-state index in [4.69, 9.17) is 0 Å². The molecule has 0 spiro atoms. The molecule has 1 heterocycles. The number of carbonyl (C=O) groups excluding carboxylic acids is 1. The number of hydrogen-bond donors (Lipinski definition) is 0. The lowest BCUT2D eigenvalue weighted by atomic mass is 10.2. The lowest BCUT2D eigenvalue weighted by Crippen LogP contribution is -2.38. The molecule has 94 valence electrons. The highest BCUT2D eigenvalue weighted by Gasteiger charge is 2.22. The SMILES string of the molecule is CN(C)CCCN(C=O)C[C@@H]1CCCN1C. The summed E-state index contributed by atoms with van der Waals surface area (Å²) in [5.74, 6) is 0. The van der Waals surface area contributed by atoms with Crippen molar-refractivity contribution in [2.24, 2.45) is 0 Å². The second-order valence-electron chi connectivity index (χ2n) is 5.03. The number of likely N-dealkylation sites (tertiary alicyclic amines) is 1. The minimum absolute atomic E-state index is 0.574. The molecule has 1 amide bonds. The smallest absolute Gasteiger partial charge is 0.209 e. The number of likely N-dealkylation sites (N-methyl/N-ethyl adjacent to an activating group) is 1. The van der Waals surface area contributed by atoms with Gasteiger partial charge >= 0.3 is 0 Å². The largest absolute Gasteiger partial charge is 0.344 e. The summed E-state index contributed by atoms with van der Waals surface area (Å²) in [4.78, 5) is 17.4. The van der Waals surface area contributed by atoms with Crippen molar-refractivity contribution in [3.63, 3.8) is 0 Å². The fraction of sp³-hybridized carbons (Fsp3) is 0.917. The van der Waals surface area contributed by atoms with Gasteiger partial charge in [-0.3, -0.25) is 4.79 Å². The Hall–Kier alpha value is -0.610. The highest BCUT2D eigenvalue weighted by Crippen LogP contribution is 2.15. The molecular formula is C12H25N3O. The average molecular weight is 227 g/mol. The van der Waals surface area contributed by atoms with Crippen molar-refractivity contribution < 1.29 is 4.79 Å². The molecule has 0 unspecified atom stereocenters. The van der Waals surface area contributed by atoms with E-state index in [0.717, 1.165) is 32.5 Å². The molecule has 1 aliphatic rings. The fourth-order valence-corrected chi connectivity index (χ4v) is 2.26. The van der Waals surface area contributed by atoms with Gasteiger partial charge in [-0.25, -0.2) is 0 Å². The maximum absolute atomic E-state index is 11.0. The van der Waals surface area contributed by atoms with Gasteiger partial charge in [0.1, 0.15) is 0 Å². The zero-order valence-electron chi connectivity index (χ0n) is 10.9. The van der Waals surface area contributed by atoms with Gasteiger partial charge < -0.3 is 14.7 Å².